The molecule has 4 nitrogen and oxygen atoms in total. The number of carbonyl (C=O) groups is 1. The molecule has 0 radical (unpaired) electrons. The van der Waals surface area contributed by atoms with Gasteiger partial charge in [-0.3, -0.25) is 9.69 Å². The summed E-state index contributed by atoms with van der Waals surface area (Å²) in [4.78, 5) is 15.5. The van der Waals surface area contributed by atoms with Gasteiger partial charge in [-0.15, -0.1) is 0 Å². The predicted octanol–water partition coefficient (Wildman–Crippen LogP) is 1.38. The van der Waals surface area contributed by atoms with E-state index in [4.69, 9.17) is 5.73 Å². The smallest absolute Gasteiger partial charge is 0.217 e. The number of nitrogens with zero attached hydrogens (tertiary/aromatic N) is 2. The first kappa shape index (κ1) is 13.9. The third kappa shape index (κ3) is 4.24. The van der Waals surface area contributed by atoms with Gasteiger partial charge in [-0.25, -0.2) is 0 Å². The molecule has 4 heteroatoms. The molecular weight excluding hydrogens is 238 g/mol. The molecular formula is C15H23N3O. The van der Waals surface area contributed by atoms with Crippen LogP contribution in [0.3, 0.4) is 0 Å². The molecule has 0 aliphatic carbocycles. The highest BCUT2D eigenvalue weighted by Gasteiger charge is 2.16. The number of carbonyl (C=O) groups excluding carboxylic acids is 1. The van der Waals surface area contributed by atoms with Crippen molar-refractivity contribution in [2.45, 2.75) is 19.8 Å². The van der Waals surface area contributed by atoms with Crippen molar-refractivity contribution in [3.8, 4) is 0 Å². The Balaban J connectivity index is 1.77. The predicted molar refractivity (Wildman–Crippen MR) is 78.3 cm³/mol. The van der Waals surface area contributed by atoms with Crippen LogP contribution >= 0.6 is 0 Å². The van der Waals surface area contributed by atoms with Crippen LogP contribution in [-0.2, 0) is 4.79 Å². The van der Waals surface area contributed by atoms with Crippen LogP contribution in [-0.4, -0.2) is 43.5 Å². The first-order chi connectivity index (χ1) is 9.15. The zero-order chi connectivity index (χ0) is 13.7. The van der Waals surface area contributed by atoms with E-state index in [1.807, 2.05) is 0 Å². The lowest BCUT2D eigenvalue weighted by atomic mass is 10.2. The van der Waals surface area contributed by atoms with E-state index in [-0.39, 0.29) is 5.91 Å². The van der Waals surface area contributed by atoms with Gasteiger partial charge in [0.25, 0.3) is 0 Å². The number of hydrogen-bond acceptors (Lipinski definition) is 3. The highest BCUT2D eigenvalue weighted by Crippen LogP contribution is 2.17. The number of rotatable bonds is 5. The maximum atomic E-state index is 10.7. The molecule has 1 fully saturated rings. The summed E-state index contributed by atoms with van der Waals surface area (Å²) in [5.74, 6) is -0.196. The molecule has 1 heterocycles. The highest BCUT2D eigenvalue weighted by atomic mass is 16.1. The second-order valence-corrected chi connectivity index (χ2v) is 5.24. The Bertz CT molecular complexity index is 425. The Morgan fingerprint density at radius 1 is 1.26 bits per heavy atom. The molecule has 0 atom stereocenters. The number of amides is 1. The molecule has 0 bridgehead atoms. The fourth-order valence-corrected chi connectivity index (χ4v) is 2.53. The highest BCUT2D eigenvalue weighted by molar-refractivity contribution is 5.73. The van der Waals surface area contributed by atoms with Crippen molar-refractivity contribution in [3.63, 3.8) is 0 Å². The normalized spacial score (nSPS) is 16.6. The lowest BCUT2D eigenvalue weighted by Crippen LogP contribution is -2.46. The van der Waals surface area contributed by atoms with Gasteiger partial charge in [0.2, 0.25) is 5.91 Å². The van der Waals surface area contributed by atoms with Crippen LogP contribution in [0.5, 0.6) is 0 Å². The molecule has 2 N–H and O–H groups in total. The lowest BCUT2D eigenvalue weighted by Gasteiger charge is -2.36. The molecule has 1 saturated heterocycles. The summed E-state index contributed by atoms with van der Waals surface area (Å²) in [5.41, 5.74) is 7.78. The average molecular weight is 261 g/mol. The summed E-state index contributed by atoms with van der Waals surface area (Å²) in [5, 5.41) is 0. The van der Waals surface area contributed by atoms with Crippen molar-refractivity contribution < 1.29 is 4.79 Å². The molecule has 0 spiro atoms. The zero-order valence-corrected chi connectivity index (χ0v) is 11.6. The van der Waals surface area contributed by atoms with Crippen LogP contribution in [0.4, 0.5) is 5.69 Å². The summed E-state index contributed by atoms with van der Waals surface area (Å²) in [6.07, 6.45) is 1.37. The first-order valence-electron chi connectivity index (χ1n) is 6.97. The standard InChI is InChI=1S/C15H23N3O/c1-13-4-2-5-14(12-13)18-10-8-17(9-11-18)7-3-6-15(16)19/h2,4-5,12H,3,6-11H2,1H3,(H2,16,19). The molecule has 0 unspecified atom stereocenters. The van der Waals surface area contributed by atoms with Gasteiger partial charge in [0.15, 0.2) is 0 Å². The molecule has 1 amide bonds. The van der Waals surface area contributed by atoms with Crippen LogP contribution in [0, 0.1) is 6.92 Å². The molecule has 2 rings (SSSR count). The van der Waals surface area contributed by atoms with E-state index < -0.39 is 0 Å². The van der Waals surface area contributed by atoms with Gasteiger partial charge in [-0.05, 0) is 37.6 Å². The molecule has 19 heavy (non-hydrogen) atoms. The van der Waals surface area contributed by atoms with E-state index >= 15 is 0 Å². The summed E-state index contributed by atoms with van der Waals surface area (Å²) < 4.78 is 0. The number of anilines is 1. The van der Waals surface area contributed by atoms with Crippen LogP contribution in [0.25, 0.3) is 0 Å². The molecule has 1 aliphatic heterocycles. The van der Waals surface area contributed by atoms with Gasteiger partial charge in [0.1, 0.15) is 0 Å². The first-order valence-corrected chi connectivity index (χ1v) is 6.97. The second-order valence-electron chi connectivity index (χ2n) is 5.24. The van der Waals surface area contributed by atoms with Crippen LogP contribution < -0.4 is 10.6 Å². The Kier molecular flexibility index (Phi) is 4.80. The maximum absolute atomic E-state index is 10.7. The monoisotopic (exact) mass is 261 g/mol. The van der Waals surface area contributed by atoms with Crippen LogP contribution in [0.15, 0.2) is 24.3 Å². The zero-order valence-electron chi connectivity index (χ0n) is 11.6. The summed E-state index contributed by atoms with van der Waals surface area (Å²) in [6.45, 7) is 7.34. The average Bonchev–Trinajstić information content (AvgIpc) is 2.39. The number of benzene rings is 1. The van der Waals surface area contributed by atoms with Crippen molar-refractivity contribution in [2.24, 2.45) is 5.73 Å². The minimum absolute atomic E-state index is 0.196. The number of hydrogen-bond donors (Lipinski definition) is 1. The fraction of sp³-hybridized carbons (Fsp3) is 0.533. The van der Waals surface area contributed by atoms with Crippen molar-refractivity contribution in [3.05, 3.63) is 29.8 Å². The van der Waals surface area contributed by atoms with Crippen LogP contribution in [0.1, 0.15) is 18.4 Å². The summed E-state index contributed by atoms with van der Waals surface area (Å²) in [6, 6.07) is 8.66. The molecule has 1 aliphatic rings. The SMILES string of the molecule is Cc1cccc(N2CCN(CCCC(N)=O)CC2)c1. The van der Waals surface area contributed by atoms with E-state index in [2.05, 4.69) is 41.0 Å². The second kappa shape index (κ2) is 6.57. The molecule has 1 aromatic carbocycles. The van der Waals surface area contributed by atoms with E-state index in [1.165, 1.54) is 11.3 Å². The number of aryl methyl sites for hydroxylation is 1. The topological polar surface area (TPSA) is 49.6 Å². The third-order valence-corrected chi connectivity index (χ3v) is 3.64. The summed E-state index contributed by atoms with van der Waals surface area (Å²) in [7, 11) is 0. The van der Waals surface area contributed by atoms with Gasteiger partial charge < -0.3 is 10.6 Å². The number of primary amides is 1. The van der Waals surface area contributed by atoms with Crippen molar-refractivity contribution in [2.75, 3.05) is 37.6 Å². The Morgan fingerprint density at radius 2 is 2.00 bits per heavy atom. The number of piperazine rings is 1. The number of nitrogens with two attached hydrogens (primary N) is 1. The minimum atomic E-state index is -0.196. The maximum Gasteiger partial charge on any atom is 0.217 e. The Labute approximate surface area is 115 Å². The molecule has 1 aromatic rings. The van der Waals surface area contributed by atoms with E-state index in [0.717, 1.165) is 39.1 Å². The van der Waals surface area contributed by atoms with Crippen molar-refractivity contribution >= 4 is 11.6 Å². The molecule has 0 aromatic heterocycles. The van der Waals surface area contributed by atoms with Crippen LogP contribution in [0.2, 0.25) is 0 Å². The Hall–Kier alpha value is -1.55. The molecule has 0 saturated carbocycles. The van der Waals surface area contributed by atoms with E-state index in [0.29, 0.717) is 6.42 Å². The minimum Gasteiger partial charge on any atom is -0.370 e. The lowest BCUT2D eigenvalue weighted by molar-refractivity contribution is -0.118. The quantitative estimate of drug-likeness (QED) is 0.871. The van der Waals surface area contributed by atoms with Gasteiger partial charge >= 0.3 is 0 Å². The fourth-order valence-electron chi connectivity index (χ4n) is 2.53. The largest absolute Gasteiger partial charge is 0.370 e. The van der Waals surface area contributed by atoms with Crippen molar-refractivity contribution in [1.82, 2.24) is 4.90 Å². The van der Waals surface area contributed by atoms with Gasteiger partial charge in [-0.2, -0.15) is 0 Å². The Morgan fingerprint density at radius 3 is 2.63 bits per heavy atom. The molecule has 104 valence electrons. The summed E-state index contributed by atoms with van der Waals surface area (Å²) >= 11 is 0. The third-order valence-electron chi connectivity index (χ3n) is 3.64. The van der Waals surface area contributed by atoms with Crippen molar-refractivity contribution in [1.29, 1.82) is 0 Å². The van der Waals surface area contributed by atoms with E-state index in [9.17, 15) is 4.79 Å². The van der Waals surface area contributed by atoms with E-state index in [1.54, 1.807) is 0 Å². The van der Waals surface area contributed by atoms with Gasteiger partial charge in [-0.1, -0.05) is 12.1 Å². The van der Waals surface area contributed by atoms with Gasteiger partial charge in [0.05, 0.1) is 0 Å². The van der Waals surface area contributed by atoms with Gasteiger partial charge in [0, 0.05) is 38.3 Å².